The number of hydrogen-bond donors (Lipinski definition) is 1. The summed E-state index contributed by atoms with van der Waals surface area (Å²) < 4.78 is 68.2. The Morgan fingerprint density at radius 1 is 1.24 bits per heavy atom. The molecular weight excluding hydrogens is 459 g/mol. The van der Waals surface area contributed by atoms with Gasteiger partial charge in [-0.1, -0.05) is 6.92 Å². The third-order valence-electron chi connectivity index (χ3n) is 5.71. The highest BCUT2D eigenvalue weighted by molar-refractivity contribution is 7.91. The minimum Gasteiger partial charge on any atom is -0.370 e. The molecule has 1 saturated carbocycles. The van der Waals surface area contributed by atoms with Crippen molar-refractivity contribution in [2.45, 2.75) is 31.0 Å². The van der Waals surface area contributed by atoms with Gasteiger partial charge in [0.05, 0.1) is 23.0 Å². The number of imidazole rings is 1. The Bertz CT molecular complexity index is 1490. The van der Waals surface area contributed by atoms with Gasteiger partial charge in [0.2, 0.25) is 0 Å². The van der Waals surface area contributed by atoms with Crippen LogP contribution in [0.2, 0.25) is 0 Å². The van der Waals surface area contributed by atoms with Gasteiger partial charge < -0.3 is 9.88 Å². The number of sulfone groups is 1. The molecule has 5 rings (SSSR count). The molecule has 0 unspecified atom stereocenters. The van der Waals surface area contributed by atoms with Crippen molar-refractivity contribution in [2.24, 2.45) is 13.0 Å². The lowest BCUT2D eigenvalue weighted by Crippen LogP contribution is -2.09. The molecule has 0 spiro atoms. The molecule has 33 heavy (non-hydrogen) atoms. The molecule has 0 aromatic carbocycles. The summed E-state index contributed by atoms with van der Waals surface area (Å²) in [6.45, 7) is 2.22. The van der Waals surface area contributed by atoms with E-state index >= 15 is 0 Å². The van der Waals surface area contributed by atoms with Crippen LogP contribution >= 0.6 is 0 Å². The fraction of sp³-hybridized carbons (Fsp3) is 0.400. The summed E-state index contributed by atoms with van der Waals surface area (Å²) in [6.07, 6.45) is 0.245. The van der Waals surface area contributed by atoms with Crippen LogP contribution in [0.3, 0.4) is 0 Å². The molecule has 0 amide bonds. The van der Waals surface area contributed by atoms with Crippen LogP contribution < -0.4 is 5.32 Å². The average molecular weight is 479 g/mol. The fourth-order valence-corrected chi connectivity index (χ4v) is 4.62. The third-order valence-corrected chi connectivity index (χ3v) is 7.35. The topological polar surface area (TPSA) is 107 Å². The maximum Gasteiger partial charge on any atom is 0.433 e. The van der Waals surface area contributed by atoms with E-state index in [1.807, 2.05) is 0 Å². The minimum absolute atomic E-state index is 0.0389. The van der Waals surface area contributed by atoms with Gasteiger partial charge >= 0.3 is 6.18 Å². The molecule has 1 fully saturated rings. The van der Waals surface area contributed by atoms with Crippen molar-refractivity contribution in [3.8, 4) is 11.4 Å². The molecule has 0 radical (unpaired) electrons. The fourth-order valence-electron chi connectivity index (χ4n) is 3.65. The maximum atomic E-state index is 13.1. The van der Waals surface area contributed by atoms with Crippen molar-refractivity contribution < 1.29 is 21.6 Å². The van der Waals surface area contributed by atoms with Crippen molar-refractivity contribution in [1.29, 1.82) is 0 Å². The van der Waals surface area contributed by atoms with Crippen molar-refractivity contribution >= 4 is 32.3 Å². The lowest BCUT2D eigenvalue weighted by molar-refractivity contribution is -0.141. The zero-order chi connectivity index (χ0) is 23.5. The van der Waals surface area contributed by atoms with E-state index in [-0.39, 0.29) is 33.3 Å². The number of alkyl halides is 3. The summed E-state index contributed by atoms with van der Waals surface area (Å²) in [5.41, 5.74) is -0.340. The van der Waals surface area contributed by atoms with Gasteiger partial charge in [0.1, 0.15) is 22.9 Å². The van der Waals surface area contributed by atoms with E-state index < -0.39 is 21.7 Å². The quantitative estimate of drug-likeness (QED) is 0.452. The van der Waals surface area contributed by atoms with E-state index in [1.165, 1.54) is 22.2 Å². The number of fused-ring (bicyclic) bond motifs is 2. The molecule has 174 valence electrons. The Morgan fingerprint density at radius 3 is 2.67 bits per heavy atom. The van der Waals surface area contributed by atoms with Crippen molar-refractivity contribution in [2.75, 3.05) is 17.6 Å². The molecule has 0 bridgehead atoms. The molecule has 0 saturated heterocycles. The van der Waals surface area contributed by atoms with Gasteiger partial charge in [-0.3, -0.25) is 0 Å². The average Bonchev–Trinajstić information content (AvgIpc) is 3.43. The number of rotatable bonds is 6. The number of pyridine rings is 1. The molecule has 0 aliphatic heterocycles. The second-order valence-electron chi connectivity index (χ2n) is 8.02. The maximum absolute atomic E-state index is 13.1. The van der Waals surface area contributed by atoms with Gasteiger partial charge in [-0.15, -0.1) is 0 Å². The first-order chi connectivity index (χ1) is 15.6. The molecule has 9 nitrogen and oxygen atoms in total. The van der Waals surface area contributed by atoms with Crippen LogP contribution in [-0.4, -0.2) is 49.8 Å². The standard InChI is InChI=1S/C20H20F3N7O2S/c1-3-33(31,32)19-16(17-24-7-6-15(30(17)28-19)26-9-11-4-5-11)18-27-12-8-14(20(21,22)23)25-10-13(12)29(18)2/h6-8,10-11,26H,3-5,9H2,1-2H3. The molecule has 4 aromatic rings. The normalized spacial score (nSPS) is 14.9. The van der Waals surface area contributed by atoms with Crippen LogP contribution in [0, 0.1) is 5.92 Å². The summed E-state index contributed by atoms with van der Waals surface area (Å²) >= 11 is 0. The zero-order valence-electron chi connectivity index (χ0n) is 17.8. The Labute approximate surface area is 186 Å². The predicted octanol–water partition coefficient (Wildman–Crippen LogP) is 3.31. The third kappa shape index (κ3) is 3.69. The van der Waals surface area contributed by atoms with E-state index in [4.69, 9.17) is 0 Å². The first-order valence-corrected chi connectivity index (χ1v) is 12.0. The number of nitrogens with one attached hydrogen (secondary N) is 1. The van der Waals surface area contributed by atoms with E-state index in [9.17, 15) is 21.6 Å². The molecule has 4 aromatic heterocycles. The Balaban J connectivity index is 1.76. The van der Waals surface area contributed by atoms with Gasteiger partial charge in [0.15, 0.2) is 20.5 Å². The number of anilines is 1. The van der Waals surface area contributed by atoms with Crippen molar-refractivity contribution in [1.82, 2.24) is 29.1 Å². The number of halogens is 3. The molecule has 13 heteroatoms. The van der Waals surface area contributed by atoms with Gasteiger partial charge in [0, 0.05) is 19.8 Å². The summed E-state index contributed by atoms with van der Waals surface area (Å²) in [5.74, 6) is 1.07. The highest BCUT2D eigenvalue weighted by Gasteiger charge is 2.34. The Kier molecular flexibility index (Phi) is 4.85. The zero-order valence-corrected chi connectivity index (χ0v) is 18.6. The molecule has 1 aliphatic rings. The largest absolute Gasteiger partial charge is 0.433 e. The monoisotopic (exact) mass is 479 g/mol. The molecule has 1 aliphatic carbocycles. The highest BCUT2D eigenvalue weighted by atomic mass is 32.2. The van der Waals surface area contributed by atoms with Crippen LogP contribution in [0.1, 0.15) is 25.5 Å². The van der Waals surface area contributed by atoms with E-state index in [2.05, 4.69) is 25.4 Å². The van der Waals surface area contributed by atoms with Crippen LogP contribution in [0.15, 0.2) is 29.6 Å². The smallest absolute Gasteiger partial charge is 0.370 e. The van der Waals surface area contributed by atoms with Crippen LogP contribution in [0.5, 0.6) is 0 Å². The van der Waals surface area contributed by atoms with E-state index in [0.29, 0.717) is 17.3 Å². The first-order valence-electron chi connectivity index (χ1n) is 10.3. The van der Waals surface area contributed by atoms with Crippen LogP contribution in [0.25, 0.3) is 28.1 Å². The number of hydrogen-bond acceptors (Lipinski definition) is 7. The molecule has 1 N–H and O–H groups in total. The lowest BCUT2D eigenvalue weighted by Gasteiger charge is -2.07. The first kappa shape index (κ1) is 21.6. The van der Waals surface area contributed by atoms with Crippen LogP contribution in [-0.2, 0) is 23.1 Å². The van der Waals surface area contributed by atoms with Crippen molar-refractivity contribution in [3.05, 3.63) is 30.2 Å². The molecule has 0 atom stereocenters. The van der Waals surface area contributed by atoms with E-state index in [1.54, 1.807) is 13.1 Å². The Morgan fingerprint density at radius 2 is 2.00 bits per heavy atom. The van der Waals surface area contributed by atoms with Crippen molar-refractivity contribution in [3.63, 3.8) is 0 Å². The summed E-state index contributed by atoms with van der Waals surface area (Å²) in [4.78, 5) is 12.2. The van der Waals surface area contributed by atoms with Gasteiger partial charge in [-0.2, -0.15) is 22.8 Å². The minimum atomic E-state index is -4.63. The lowest BCUT2D eigenvalue weighted by atomic mass is 10.3. The van der Waals surface area contributed by atoms with Crippen LogP contribution in [0.4, 0.5) is 19.0 Å². The number of aromatic nitrogens is 6. The predicted molar refractivity (Wildman–Crippen MR) is 114 cm³/mol. The second-order valence-corrected chi connectivity index (χ2v) is 10.2. The van der Waals surface area contributed by atoms with E-state index in [0.717, 1.165) is 31.6 Å². The summed E-state index contributed by atoms with van der Waals surface area (Å²) in [5, 5.41) is 7.41. The summed E-state index contributed by atoms with van der Waals surface area (Å²) in [6, 6.07) is 2.54. The number of nitrogens with zero attached hydrogens (tertiary/aromatic N) is 6. The highest BCUT2D eigenvalue weighted by Crippen LogP contribution is 2.35. The van der Waals surface area contributed by atoms with Gasteiger partial charge in [0.25, 0.3) is 0 Å². The molecular formula is C20H20F3N7O2S. The van der Waals surface area contributed by atoms with Gasteiger partial charge in [-0.25, -0.2) is 23.4 Å². The van der Waals surface area contributed by atoms with Gasteiger partial charge in [-0.05, 0) is 30.9 Å². The molecule has 4 heterocycles. The second kappa shape index (κ2) is 7.40. The SMILES string of the molecule is CCS(=O)(=O)c1nn2c(NCC3CC3)ccnc2c1-c1nc2cc(C(F)(F)F)ncc2n1C. The summed E-state index contributed by atoms with van der Waals surface area (Å²) in [7, 11) is -2.22. The number of aryl methyl sites for hydroxylation is 1. The Hall–Kier alpha value is -3.22.